The molecule has 2 atom stereocenters. The molecule has 0 aromatic heterocycles. The Hall–Kier alpha value is -2.59. The van der Waals surface area contributed by atoms with Crippen LogP contribution in [0.5, 0.6) is 5.75 Å². The average Bonchev–Trinajstić information content (AvgIpc) is 2.66. The van der Waals surface area contributed by atoms with Gasteiger partial charge in [-0.1, -0.05) is 49.4 Å². The molecule has 0 aliphatic carbocycles. The third kappa shape index (κ3) is 3.74. The first kappa shape index (κ1) is 17.2. The normalized spacial score (nSPS) is 19.9. The number of hydrogen-bond acceptors (Lipinski definition) is 3. The summed E-state index contributed by atoms with van der Waals surface area (Å²) >= 11 is 0. The van der Waals surface area contributed by atoms with Gasteiger partial charge in [0.05, 0.1) is 19.8 Å². The number of benzene rings is 2. The van der Waals surface area contributed by atoms with E-state index in [1.54, 1.807) is 12.0 Å². The molecule has 1 amide bonds. The van der Waals surface area contributed by atoms with Gasteiger partial charge in [-0.05, 0) is 36.2 Å². The quantitative estimate of drug-likeness (QED) is 0.567. The summed E-state index contributed by atoms with van der Waals surface area (Å²) in [5.41, 5.74) is 1.92. The van der Waals surface area contributed by atoms with Gasteiger partial charge in [0.2, 0.25) is 0 Å². The van der Waals surface area contributed by atoms with Crippen LogP contribution < -0.4 is 9.64 Å². The summed E-state index contributed by atoms with van der Waals surface area (Å²) in [6.45, 7) is 2.51. The predicted octanol–water partition coefficient (Wildman–Crippen LogP) is 3.96. The molecule has 3 rings (SSSR count). The van der Waals surface area contributed by atoms with Crippen molar-refractivity contribution in [1.82, 2.24) is 0 Å². The van der Waals surface area contributed by atoms with Crippen LogP contribution in [-0.2, 0) is 16.1 Å². The van der Waals surface area contributed by atoms with Crippen LogP contribution in [0.25, 0.3) is 0 Å². The first-order valence-electron chi connectivity index (χ1n) is 8.54. The molecule has 0 bridgehead atoms. The zero-order chi connectivity index (χ0) is 17.6. The van der Waals surface area contributed by atoms with Crippen molar-refractivity contribution in [3.05, 3.63) is 72.3 Å². The second-order valence-electron chi connectivity index (χ2n) is 5.95. The number of allylic oxidation sites excluding steroid dienone is 1. The van der Waals surface area contributed by atoms with Gasteiger partial charge >= 0.3 is 0 Å². The maximum atomic E-state index is 12.6. The highest BCUT2D eigenvalue weighted by Gasteiger charge is 2.47. The fourth-order valence-corrected chi connectivity index (χ4v) is 2.92. The third-order valence-corrected chi connectivity index (χ3v) is 4.28. The summed E-state index contributed by atoms with van der Waals surface area (Å²) < 4.78 is 11.1. The molecular weight excluding hydrogens is 314 g/mol. The van der Waals surface area contributed by atoms with E-state index in [4.69, 9.17) is 9.47 Å². The highest BCUT2D eigenvalue weighted by Crippen LogP contribution is 2.32. The van der Waals surface area contributed by atoms with Gasteiger partial charge in [0.1, 0.15) is 5.75 Å². The minimum atomic E-state index is -0.440. The van der Waals surface area contributed by atoms with E-state index in [0.29, 0.717) is 6.61 Å². The van der Waals surface area contributed by atoms with E-state index in [9.17, 15) is 4.79 Å². The molecule has 1 saturated heterocycles. The van der Waals surface area contributed by atoms with Crippen molar-refractivity contribution in [2.75, 3.05) is 12.0 Å². The topological polar surface area (TPSA) is 38.8 Å². The molecule has 1 aliphatic heterocycles. The fourth-order valence-electron chi connectivity index (χ4n) is 2.92. The van der Waals surface area contributed by atoms with Crippen molar-refractivity contribution >= 4 is 11.6 Å². The Kier molecular flexibility index (Phi) is 5.51. The number of carbonyl (C=O) groups excluding carboxylic acids is 1. The number of ether oxygens (including phenoxy) is 2. The molecule has 1 aliphatic rings. The lowest BCUT2D eigenvalue weighted by atomic mass is 9.95. The van der Waals surface area contributed by atoms with Crippen LogP contribution in [0.3, 0.4) is 0 Å². The van der Waals surface area contributed by atoms with E-state index in [0.717, 1.165) is 23.4 Å². The summed E-state index contributed by atoms with van der Waals surface area (Å²) in [6, 6.07) is 17.4. The van der Waals surface area contributed by atoms with Gasteiger partial charge < -0.3 is 14.4 Å². The number of carbonyl (C=O) groups is 1. The minimum Gasteiger partial charge on any atom is -0.497 e. The number of amides is 1. The molecule has 0 unspecified atom stereocenters. The Balaban J connectivity index is 1.73. The maximum absolute atomic E-state index is 12.6. The molecule has 1 heterocycles. The van der Waals surface area contributed by atoms with Crippen molar-refractivity contribution in [3.63, 3.8) is 0 Å². The molecule has 0 spiro atoms. The molecule has 2 aromatic carbocycles. The maximum Gasteiger partial charge on any atom is 0.259 e. The monoisotopic (exact) mass is 337 g/mol. The fraction of sp³-hybridized carbons (Fsp3) is 0.286. The van der Waals surface area contributed by atoms with E-state index < -0.39 is 6.10 Å². The van der Waals surface area contributed by atoms with Gasteiger partial charge in [0.25, 0.3) is 5.91 Å². The van der Waals surface area contributed by atoms with Crippen LogP contribution in [0.1, 0.15) is 18.9 Å². The van der Waals surface area contributed by atoms with Crippen molar-refractivity contribution in [2.24, 2.45) is 0 Å². The van der Waals surface area contributed by atoms with Crippen LogP contribution in [0.15, 0.2) is 66.7 Å². The lowest BCUT2D eigenvalue weighted by molar-refractivity contribution is -0.141. The van der Waals surface area contributed by atoms with Crippen molar-refractivity contribution in [1.29, 1.82) is 0 Å². The summed E-state index contributed by atoms with van der Waals surface area (Å²) in [4.78, 5) is 14.4. The minimum absolute atomic E-state index is 0.00755. The van der Waals surface area contributed by atoms with Crippen molar-refractivity contribution in [3.8, 4) is 5.75 Å². The Bertz CT molecular complexity index is 725. The van der Waals surface area contributed by atoms with Crippen LogP contribution in [-0.4, -0.2) is 25.2 Å². The van der Waals surface area contributed by atoms with Crippen LogP contribution >= 0.6 is 0 Å². The Morgan fingerprint density at radius 2 is 1.80 bits per heavy atom. The van der Waals surface area contributed by atoms with Gasteiger partial charge in [0, 0.05) is 5.69 Å². The molecule has 0 saturated carbocycles. The standard InChI is InChI=1S/C21H23NO3/c1-3-4-10-19-20(25-15-16-8-6-5-7-9-16)21(23)22(19)17-11-13-18(24-2)14-12-17/h4-14,19-20H,3,15H2,1-2H3/b10-4+/t19-,20+/m0/s1. The second kappa shape index (κ2) is 7.99. The SMILES string of the molecule is CC/C=C/[C@H]1[C@@H](OCc2ccccc2)C(=O)N1c1ccc(OC)cc1. The molecule has 4 nitrogen and oxygen atoms in total. The molecule has 130 valence electrons. The average molecular weight is 337 g/mol. The first-order chi connectivity index (χ1) is 12.2. The smallest absolute Gasteiger partial charge is 0.259 e. The second-order valence-corrected chi connectivity index (χ2v) is 5.95. The molecule has 0 radical (unpaired) electrons. The van der Waals surface area contributed by atoms with Crippen LogP contribution in [0, 0.1) is 0 Å². The van der Waals surface area contributed by atoms with E-state index in [-0.39, 0.29) is 11.9 Å². The molecular formula is C21H23NO3. The highest BCUT2D eigenvalue weighted by molar-refractivity contribution is 6.05. The number of anilines is 1. The molecule has 0 N–H and O–H groups in total. The lowest BCUT2D eigenvalue weighted by Crippen LogP contribution is -2.65. The number of β-lactam (4-membered cyclic amide) rings is 1. The zero-order valence-electron chi connectivity index (χ0n) is 14.6. The van der Waals surface area contributed by atoms with Crippen LogP contribution in [0.2, 0.25) is 0 Å². The number of methoxy groups -OCH3 is 1. The molecule has 2 aromatic rings. The largest absolute Gasteiger partial charge is 0.497 e. The highest BCUT2D eigenvalue weighted by atomic mass is 16.5. The predicted molar refractivity (Wildman–Crippen MR) is 98.7 cm³/mol. The van der Waals surface area contributed by atoms with E-state index >= 15 is 0 Å². The first-order valence-corrected chi connectivity index (χ1v) is 8.54. The zero-order valence-corrected chi connectivity index (χ0v) is 14.6. The lowest BCUT2D eigenvalue weighted by Gasteiger charge is -2.45. The Morgan fingerprint density at radius 1 is 1.08 bits per heavy atom. The van der Waals surface area contributed by atoms with E-state index in [2.05, 4.69) is 19.1 Å². The summed E-state index contributed by atoms with van der Waals surface area (Å²) in [5.74, 6) is 0.765. The summed E-state index contributed by atoms with van der Waals surface area (Å²) in [6.07, 6.45) is 4.62. The van der Waals surface area contributed by atoms with Crippen LogP contribution in [0.4, 0.5) is 5.69 Å². The van der Waals surface area contributed by atoms with Gasteiger partial charge in [-0.25, -0.2) is 0 Å². The number of hydrogen-bond donors (Lipinski definition) is 0. The Labute approximate surface area is 148 Å². The van der Waals surface area contributed by atoms with Gasteiger partial charge in [-0.15, -0.1) is 0 Å². The van der Waals surface area contributed by atoms with Crippen molar-refractivity contribution in [2.45, 2.75) is 32.1 Å². The van der Waals surface area contributed by atoms with E-state index in [1.807, 2.05) is 54.6 Å². The van der Waals surface area contributed by atoms with Crippen molar-refractivity contribution < 1.29 is 14.3 Å². The number of rotatable bonds is 7. The van der Waals surface area contributed by atoms with Gasteiger partial charge in [-0.2, -0.15) is 0 Å². The van der Waals surface area contributed by atoms with E-state index in [1.165, 1.54) is 0 Å². The third-order valence-electron chi connectivity index (χ3n) is 4.28. The molecule has 4 heteroatoms. The molecule has 25 heavy (non-hydrogen) atoms. The number of nitrogens with zero attached hydrogens (tertiary/aromatic N) is 1. The van der Waals surface area contributed by atoms with Gasteiger partial charge in [-0.3, -0.25) is 4.79 Å². The van der Waals surface area contributed by atoms with Gasteiger partial charge in [0.15, 0.2) is 6.10 Å². The molecule has 1 fully saturated rings. The summed E-state index contributed by atoms with van der Waals surface area (Å²) in [5, 5.41) is 0. The summed E-state index contributed by atoms with van der Waals surface area (Å²) in [7, 11) is 1.63. The Morgan fingerprint density at radius 3 is 2.44 bits per heavy atom.